The normalized spacial score (nSPS) is 9.57. The number of tetrazole rings is 1. The van der Waals surface area contributed by atoms with Gasteiger partial charge in [-0.3, -0.25) is 10.1 Å². The molecule has 0 fully saturated rings. The maximum atomic E-state index is 11.0. The highest BCUT2D eigenvalue weighted by molar-refractivity contribution is 6.37. The fourth-order valence-corrected chi connectivity index (χ4v) is 0.683. The van der Waals surface area contributed by atoms with E-state index < -0.39 is 11.9 Å². The summed E-state index contributed by atoms with van der Waals surface area (Å²) in [5.41, 5.74) is 0. The molecule has 0 radical (unpaired) electrons. The van der Waals surface area contributed by atoms with E-state index in [-0.39, 0.29) is 12.6 Å². The molecule has 14 heavy (non-hydrogen) atoms. The lowest BCUT2D eigenvalue weighted by Crippen LogP contribution is -2.25. The van der Waals surface area contributed by atoms with Gasteiger partial charge in [0.2, 0.25) is 0 Å². The van der Waals surface area contributed by atoms with Gasteiger partial charge >= 0.3 is 11.9 Å². The molecule has 0 spiro atoms. The predicted molar refractivity (Wildman–Crippen MR) is 44.1 cm³/mol. The number of rotatable bonds is 2. The van der Waals surface area contributed by atoms with Crippen molar-refractivity contribution in [3.05, 3.63) is 0 Å². The first-order valence-corrected chi connectivity index (χ1v) is 3.85. The molecule has 1 amide bonds. The third-order valence-corrected chi connectivity index (χ3v) is 1.19. The second kappa shape index (κ2) is 4.30. The maximum absolute atomic E-state index is 11.0. The van der Waals surface area contributed by atoms with E-state index in [1.165, 1.54) is 7.05 Å². The molecule has 0 unspecified atom stereocenters. The van der Waals surface area contributed by atoms with E-state index in [4.69, 9.17) is 0 Å². The number of carbonyl (C=O) groups is 2. The molecule has 0 aliphatic carbocycles. The van der Waals surface area contributed by atoms with E-state index >= 15 is 0 Å². The number of anilines is 1. The lowest BCUT2D eigenvalue weighted by Gasteiger charge is -1.99. The zero-order valence-electron chi connectivity index (χ0n) is 7.72. The predicted octanol–water partition coefficient (Wildman–Crippen LogP) is -1.29. The first kappa shape index (κ1) is 10.1. The summed E-state index contributed by atoms with van der Waals surface area (Å²) in [5.74, 6) is -1.93. The molecule has 8 heteroatoms. The number of nitrogens with one attached hydrogen (secondary N) is 1. The number of nitrogens with zero attached hydrogens (tertiary/aromatic N) is 4. The number of aromatic nitrogens is 4. The summed E-state index contributed by atoms with van der Waals surface area (Å²) in [5, 5.41) is 12.7. The van der Waals surface area contributed by atoms with Crippen molar-refractivity contribution in [3.8, 4) is 0 Å². The highest BCUT2D eigenvalue weighted by Crippen LogP contribution is 1.92. The summed E-state index contributed by atoms with van der Waals surface area (Å²) < 4.78 is 4.45. The Labute approximate surface area is 79.2 Å². The number of esters is 1. The van der Waals surface area contributed by atoms with E-state index in [0.29, 0.717) is 0 Å². The lowest BCUT2D eigenvalue weighted by atomic mass is 10.6. The molecule has 0 saturated heterocycles. The summed E-state index contributed by atoms with van der Waals surface area (Å²) in [6.07, 6.45) is 0. The Hall–Kier alpha value is -1.99. The topological polar surface area (TPSA) is 99.0 Å². The van der Waals surface area contributed by atoms with Crippen molar-refractivity contribution in [1.82, 2.24) is 20.2 Å². The van der Waals surface area contributed by atoms with Gasteiger partial charge in [0, 0.05) is 0 Å². The first-order chi connectivity index (χ1) is 6.63. The third kappa shape index (κ3) is 2.51. The molecule has 76 valence electrons. The Morgan fingerprint density at radius 2 is 2.29 bits per heavy atom. The minimum absolute atomic E-state index is 0.0365. The molecule has 0 bridgehead atoms. The SMILES string of the molecule is CCOC(=O)C(=O)Nc1nnn(C)n1. The van der Waals surface area contributed by atoms with Crippen molar-refractivity contribution < 1.29 is 14.3 Å². The van der Waals surface area contributed by atoms with Crippen molar-refractivity contribution in [2.24, 2.45) is 7.05 Å². The van der Waals surface area contributed by atoms with Crippen LogP contribution in [0.2, 0.25) is 0 Å². The van der Waals surface area contributed by atoms with Crippen molar-refractivity contribution in [2.75, 3.05) is 11.9 Å². The molecule has 0 atom stereocenters. The average molecular weight is 199 g/mol. The number of hydrogen-bond donors (Lipinski definition) is 1. The molecule has 0 aliphatic heterocycles. The molecule has 0 saturated carbocycles. The molecule has 1 heterocycles. The zero-order chi connectivity index (χ0) is 10.6. The Balaban J connectivity index is 2.53. The molecule has 1 N–H and O–H groups in total. The standard InChI is InChI=1S/C6H9N5O3/c1-3-14-5(13)4(12)7-6-8-10-11(2)9-6/h3H2,1-2H3,(H,7,9,12). The van der Waals surface area contributed by atoms with Gasteiger partial charge in [0.25, 0.3) is 5.95 Å². The Bertz CT molecular complexity index is 347. The van der Waals surface area contributed by atoms with Gasteiger partial charge in [0.15, 0.2) is 0 Å². The molecule has 1 aromatic heterocycles. The number of carbonyl (C=O) groups excluding carboxylic acids is 2. The van der Waals surface area contributed by atoms with E-state index in [2.05, 4.69) is 25.5 Å². The van der Waals surface area contributed by atoms with E-state index in [9.17, 15) is 9.59 Å². The smallest absolute Gasteiger partial charge is 0.397 e. The number of ether oxygens (including phenoxy) is 1. The van der Waals surface area contributed by atoms with Gasteiger partial charge < -0.3 is 4.74 Å². The van der Waals surface area contributed by atoms with Crippen molar-refractivity contribution in [2.45, 2.75) is 6.92 Å². The quantitative estimate of drug-likeness (QED) is 0.470. The van der Waals surface area contributed by atoms with Crippen molar-refractivity contribution >= 4 is 17.8 Å². The first-order valence-electron chi connectivity index (χ1n) is 3.85. The highest BCUT2D eigenvalue weighted by atomic mass is 16.5. The van der Waals surface area contributed by atoms with Crippen LogP contribution in [0.5, 0.6) is 0 Å². The highest BCUT2D eigenvalue weighted by Gasteiger charge is 2.16. The van der Waals surface area contributed by atoms with Crippen LogP contribution in [0.1, 0.15) is 6.92 Å². The zero-order valence-corrected chi connectivity index (χ0v) is 7.72. The van der Waals surface area contributed by atoms with Gasteiger partial charge in [0.1, 0.15) is 0 Å². The summed E-state index contributed by atoms with van der Waals surface area (Å²) >= 11 is 0. The summed E-state index contributed by atoms with van der Waals surface area (Å²) in [6.45, 7) is 1.74. The van der Waals surface area contributed by atoms with E-state index in [0.717, 1.165) is 4.80 Å². The van der Waals surface area contributed by atoms with Crippen LogP contribution in [0.25, 0.3) is 0 Å². The fourth-order valence-electron chi connectivity index (χ4n) is 0.683. The Morgan fingerprint density at radius 1 is 1.57 bits per heavy atom. The summed E-state index contributed by atoms with van der Waals surface area (Å²) in [7, 11) is 1.53. The van der Waals surface area contributed by atoms with Crippen molar-refractivity contribution in [1.29, 1.82) is 0 Å². The van der Waals surface area contributed by atoms with Gasteiger partial charge in [-0.1, -0.05) is 5.10 Å². The van der Waals surface area contributed by atoms with Crippen LogP contribution in [0.3, 0.4) is 0 Å². The largest absolute Gasteiger partial charge is 0.459 e. The number of aryl methyl sites for hydroxylation is 1. The molecule has 8 nitrogen and oxygen atoms in total. The molecule has 1 aromatic rings. The van der Waals surface area contributed by atoms with Crippen LogP contribution in [0, 0.1) is 0 Å². The molecule has 1 rings (SSSR count). The van der Waals surface area contributed by atoms with Crippen molar-refractivity contribution in [3.63, 3.8) is 0 Å². The summed E-state index contributed by atoms with van der Waals surface area (Å²) in [6, 6.07) is 0. The Kier molecular flexibility index (Phi) is 3.10. The van der Waals surface area contributed by atoms with Gasteiger partial charge in [-0.15, -0.1) is 5.10 Å². The second-order valence-electron chi connectivity index (χ2n) is 2.28. The molecule has 0 aromatic carbocycles. The van der Waals surface area contributed by atoms with E-state index in [1.807, 2.05) is 0 Å². The van der Waals surface area contributed by atoms with Gasteiger partial charge in [-0.05, 0) is 12.1 Å². The Morgan fingerprint density at radius 3 is 2.79 bits per heavy atom. The van der Waals surface area contributed by atoms with E-state index in [1.54, 1.807) is 6.92 Å². The average Bonchev–Trinajstić information content (AvgIpc) is 2.51. The van der Waals surface area contributed by atoms with Crippen LogP contribution in [-0.4, -0.2) is 38.7 Å². The monoisotopic (exact) mass is 199 g/mol. The van der Waals surface area contributed by atoms with Crippen LogP contribution in [-0.2, 0) is 21.4 Å². The molecule has 0 aliphatic rings. The van der Waals surface area contributed by atoms with Crippen LogP contribution in [0.15, 0.2) is 0 Å². The lowest BCUT2D eigenvalue weighted by molar-refractivity contribution is -0.152. The third-order valence-electron chi connectivity index (χ3n) is 1.19. The number of amides is 1. The van der Waals surface area contributed by atoms with Crippen LogP contribution in [0.4, 0.5) is 5.95 Å². The van der Waals surface area contributed by atoms with Gasteiger partial charge in [-0.25, -0.2) is 4.79 Å². The molecular weight excluding hydrogens is 190 g/mol. The number of hydrogen-bond acceptors (Lipinski definition) is 6. The second-order valence-corrected chi connectivity index (χ2v) is 2.28. The summed E-state index contributed by atoms with van der Waals surface area (Å²) in [4.78, 5) is 23.0. The van der Waals surface area contributed by atoms with Crippen LogP contribution >= 0.6 is 0 Å². The van der Waals surface area contributed by atoms with Gasteiger partial charge in [0.05, 0.1) is 13.7 Å². The maximum Gasteiger partial charge on any atom is 0.397 e. The van der Waals surface area contributed by atoms with Gasteiger partial charge in [-0.2, -0.15) is 4.80 Å². The van der Waals surface area contributed by atoms with Crippen LogP contribution < -0.4 is 5.32 Å². The fraction of sp³-hybridized carbons (Fsp3) is 0.500. The molecular formula is C6H9N5O3. The minimum atomic E-state index is -0.972. The minimum Gasteiger partial charge on any atom is -0.459 e.